The highest BCUT2D eigenvalue weighted by Crippen LogP contribution is 2.25. The molecule has 1 fully saturated rings. The number of nitrogens with one attached hydrogen (secondary N) is 3. The Morgan fingerprint density at radius 1 is 0.830 bits per heavy atom. The fraction of sp³-hybridized carbons (Fsp3) is 0.429. The lowest BCUT2D eigenvalue weighted by Crippen LogP contribution is -2.48. The van der Waals surface area contributed by atoms with E-state index < -0.39 is 0 Å². The van der Waals surface area contributed by atoms with Gasteiger partial charge in [-0.1, -0.05) is 108 Å². The van der Waals surface area contributed by atoms with Gasteiger partial charge in [-0.15, -0.1) is 0 Å². The maximum absolute atomic E-state index is 4.39. The minimum Gasteiger partial charge on any atom is -0.379 e. The molecule has 0 saturated carbocycles. The largest absolute Gasteiger partial charge is 0.379 e. The van der Waals surface area contributed by atoms with Crippen LogP contribution in [0.25, 0.3) is 0 Å². The third-order valence-corrected chi connectivity index (χ3v) is 8.50. The number of hydrogen-bond donors (Lipinski definition) is 3. The molecular weight excluding hydrogens is 574 g/mol. The van der Waals surface area contributed by atoms with Crippen LogP contribution in [0.2, 0.25) is 0 Å². The topological polar surface area (TPSA) is 44.3 Å². The van der Waals surface area contributed by atoms with Crippen LogP contribution in [0, 0.1) is 5.41 Å². The van der Waals surface area contributed by atoms with Crippen LogP contribution in [-0.4, -0.2) is 34.1 Å². The van der Waals surface area contributed by atoms with Crippen molar-refractivity contribution >= 4 is 5.69 Å². The van der Waals surface area contributed by atoms with Crippen LogP contribution in [0.5, 0.6) is 0 Å². The van der Waals surface area contributed by atoms with E-state index in [-0.39, 0.29) is 17.0 Å². The number of anilines is 1. The zero-order valence-electron chi connectivity index (χ0n) is 30.2. The van der Waals surface area contributed by atoms with Crippen LogP contribution in [0.15, 0.2) is 128 Å². The second kappa shape index (κ2) is 17.7. The molecule has 5 heteroatoms. The van der Waals surface area contributed by atoms with Crippen molar-refractivity contribution in [2.45, 2.75) is 91.1 Å². The van der Waals surface area contributed by atoms with Gasteiger partial charge >= 0.3 is 0 Å². The molecule has 3 N–H and O–H groups in total. The molecule has 0 aliphatic carbocycles. The molecule has 0 spiro atoms. The van der Waals surface area contributed by atoms with Crippen molar-refractivity contribution in [1.82, 2.24) is 20.1 Å². The molecular formula is C42H61N5. The number of hydrogen-bond acceptors (Lipinski definition) is 4. The van der Waals surface area contributed by atoms with Crippen molar-refractivity contribution < 1.29 is 0 Å². The van der Waals surface area contributed by atoms with E-state index in [1.807, 2.05) is 17.8 Å². The Morgan fingerprint density at radius 3 is 1.98 bits per heavy atom. The highest BCUT2D eigenvalue weighted by atomic mass is 15.1. The number of aryl methyl sites for hydroxylation is 2. The van der Waals surface area contributed by atoms with Gasteiger partial charge < -0.3 is 25.4 Å². The Hall–Kier alpha value is -4.12. The molecule has 2 heterocycles. The Bertz CT molecular complexity index is 1420. The average Bonchev–Trinajstić information content (AvgIpc) is 3.69. The fourth-order valence-corrected chi connectivity index (χ4v) is 5.91. The molecule has 2 aromatic carbocycles. The van der Waals surface area contributed by atoms with E-state index in [4.69, 9.17) is 0 Å². The Labute approximate surface area is 286 Å². The van der Waals surface area contributed by atoms with Crippen LogP contribution in [0.3, 0.4) is 0 Å². The first-order chi connectivity index (χ1) is 22.2. The Morgan fingerprint density at radius 2 is 1.43 bits per heavy atom. The Kier molecular flexibility index (Phi) is 14.1. The van der Waals surface area contributed by atoms with Gasteiger partial charge in [-0.05, 0) is 75.0 Å². The number of likely N-dealkylation sites (tertiary alicyclic amines) is 1. The highest BCUT2D eigenvalue weighted by Gasteiger charge is 2.26. The molecule has 1 aliphatic rings. The quantitative estimate of drug-likeness (QED) is 0.147. The minimum absolute atomic E-state index is 0.0541. The molecule has 1 atom stereocenters. The van der Waals surface area contributed by atoms with Crippen molar-refractivity contribution in [1.29, 1.82) is 0 Å². The van der Waals surface area contributed by atoms with Gasteiger partial charge in [0.1, 0.15) is 0 Å². The third kappa shape index (κ3) is 13.6. The van der Waals surface area contributed by atoms with Gasteiger partial charge in [-0.25, -0.2) is 0 Å². The summed E-state index contributed by atoms with van der Waals surface area (Å²) in [6.07, 6.45) is 11.7. The van der Waals surface area contributed by atoms with Crippen LogP contribution in [-0.2, 0) is 19.9 Å². The van der Waals surface area contributed by atoms with Gasteiger partial charge in [-0.2, -0.15) is 0 Å². The number of nitrogens with zero attached hydrogens (tertiary/aromatic N) is 2. The van der Waals surface area contributed by atoms with Gasteiger partial charge in [0.05, 0.1) is 17.3 Å². The molecule has 1 saturated heterocycles. The molecule has 1 aliphatic heterocycles. The molecule has 0 radical (unpaired) electrons. The summed E-state index contributed by atoms with van der Waals surface area (Å²) in [6, 6.07) is 23.3. The maximum Gasteiger partial charge on any atom is 0.0705 e. The predicted molar refractivity (Wildman–Crippen MR) is 204 cm³/mol. The van der Waals surface area contributed by atoms with Crippen molar-refractivity contribution in [3.8, 4) is 0 Å². The van der Waals surface area contributed by atoms with Crippen LogP contribution >= 0.6 is 0 Å². The summed E-state index contributed by atoms with van der Waals surface area (Å²) in [6.45, 7) is 30.5. The van der Waals surface area contributed by atoms with E-state index >= 15 is 0 Å². The minimum atomic E-state index is -0.340. The SMILES string of the molecule is C=C(CC(C)(C)C)NC(C)(C)C(=C)NC(CCCc1ccccc1)C(=C)Nc1ccn(C)c1.C=C(Cc1ccccc1)N1CCCC1. The van der Waals surface area contributed by atoms with E-state index in [2.05, 4.69) is 155 Å². The number of benzene rings is 2. The monoisotopic (exact) mass is 635 g/mol. The predicted octanol–water partition coefficient (Wildman–Crippen LogP) is 9.60. The lowest BCUT2D eigenvalue weighted by molar-refractivity contribution is 0.370. The van der Waals surface area contributed by atoms with Crippen LogP contribution in [0.1, 0.15) is 77.8 Å². The normalized spacial score (nSPS) is 13.6. The molecule has 0 bridgehead atoms. The highest BCUT2D eigenvalue weighted by molar-refractivity contribution is 5.47. The van der Waals surface area contributed by atoms with Crippen molar-refractivity contribution in [3.05, 3.63) is 139 Å². The average molecular weight is 636 g/mol. The van der Waals surface area contributed by atoms with E-state index in [0.717, 1.165) is 54.9 Å². The van der Waals surface area contributed by atoms with Crippen molar-refractivity contribution in [2.75, 3.05) is 18.4 Å². The van der Waals surface area contributed by atoms with Gasteiger partial charge in [0.15, 0.2) is 0 Å². The summed E-state index contributed by atoms with van der Waals surface area (Å²) >= 11 is 0. The first-order valence-electron chi connectivity index (χ1n) is 17.2. The van der Waals surface area contributed by atoms with Crippen LogP contribution < -0.4 is 16.0 Å². The number of allylic oxidation sites excluding steroid dienone is 2. The van der Waals surface area contributed by atoms with Gasteiger partial charge in [-0.3, -0.25) is 0 Å². The van der Waals surface area contributed by atoms with Gasteiger partial charge in [0.25, 0.3) is 0 Å². The first-order valence-corrected chi connectivity index (χ1v) is 17.2. The zero-order chi connectivity index (χ0) is 34.5. The molecule has 4 rings (SSSR count). The van der Waals surface area contributed by atoms with E-state index in [1.54, 1.807) is 0 Å². The van der Waals surface area contributed by atoms with E-state index in [0.29, 0.717) is 0 Å². The van der Waals surface area contributed by atoms with E-state index in [9.17, 15) is 0 Å². The lowest BCUT2D eigenvalue weighted by atomic mass is 9.89. The second-order valence-electron chi connectivity index (χ2n) is 14.8. The maximum atomic E-state index is 4.39. The second-order valence-corrected chi connectivity index (χ2v) is 14.8. The molecule has 1 aromatic heterocycles. The molecule has 5 nitrogen and oxygen atoms in total. The molecule has 0 amide bonds. The molecule has 1 unspecified atom stereocenters. The molecule has 3 aromatic rings. The summed E-state index contributed by atoms with van der Waals surface area (Å²) in [7, 11) is 2.02. The van der Waals surface area contributed by atoms with Crippen LogP contribution in [0.4, 0.5) is 5.69 Å². The number of rotatable bonds is 16. The summed E-state index contributed by atoms with van der Waals surface area (Å²) in [4.78, 5) is 2.41. The summed E-state index contributed by atoms with van der Waals surface area (Å²) in [5, 5.41) is 10.7. The van der Waals surface area contributed by atoms with Gasteiger partial charge in [0.2, 0.25) is 0 Å². The third-order valence-electron chi connectivity index (χ3n) is 8.50. The smallest absolute Gasteiger partial charge is 0.0705 e. The van der Waals surface area contributed by atoms with Crippen molar-refractivity contribution in [2.24, 2.45) is 12.5 Å². The molecule has 254 valence electrons. The lowest BCUT2D eigenvalue weighted by Gasteiger charge is -2.36. The van der Waals surface area contributed by atoms with Crippen molar-refractivity contribution in [3.63, 3.8) is 0 Å². The summed E-state index contributed by atoms with van der Waals surface area (Å²) in [5.41, 5.74) is 7.78. The standard InChI is InChI=1S/C29H44N4.C13H17N/c1-22(20-28(4,5)6)32-29(7,8)24(3)31-27(17-13-16-25-14-11-10-12-15-25)23(2)30-26-18-19-33(9)21-26;1-12(14-9-5-6-10-14)11-13-7-3-2-4-8-13/h10-12,14-15,18-19,21,27,30-32H,1-3,13,16-17,20H2,4-9H3;2-4,7-8H,1,5-6,9-11H2. The fourth-order valence-electron chi connectivity index (χ4n) is 5.91. The first kappa shape index (κ1) is 37.3. The van der Waals surface area contributed by atoms with E-state index in [1.165, 1.54) is 42.8 Å². The Balaban J connectivity index is 0.000000353. The summed E-state index contributed by atoms with van der Waals surface area (Å²) < 4.78 is 2.03. The van der Waals surface area contributed by atoms with Gasteiger partial charge in [0, 0.05) is 61.7 Å². The zero-order valence-corrected chi connectivity index (χ0v) is 30.2. The summed E-state index contributed by atoms with van der Waals surface area (Å²) in [5.74, 6) is 0. The molecule has 47 heavy (non-hydrogen) atoms. The number of aromatic nitrogens is 1.